The summed E-state index contributed by atoms with van der Waals surface area (Å²) in [4.78, 5) is 0. The number of rotatable bonds is 9. The zero-order valence-electron chi connectivity index (χ0n) is 10.3. The van der Waals surface area contributed by atoms with E-state index in [4.69, 9.17) is 5.11 Å². The van der Waals surface area contributed by atoms with Crippen molar-refractivity contribution < 1.29 is 9.59 Å². The topological polar surface area (TPSA) is 20.2 Å². The second kappa shape index (κ2) is 8.25. The van der Waals surface area contributed by atoms with Crippen molar-refractivity contribution in [1.82, 2.24) is 0 Å². The van der Waals surface area contributed by atoms with E-state index in [2.05, 4.69) is 21.0 Å². The summed E-state index contributed by atoms with van der Waals surface area (Å²) in [6.07, 6.45) is 9.44. The number of unbranched alkanes of at least 4 members (excludes halogenated alkanes) is 6. The Bertz CT molecular complexity index is 123. The van der Waals surface area contributed by atoms with Crippen LogP contribution in [0.4, 0.5) is 0 Å². The fourth-order valence-corrected chi connectivity index (χ4v) is 1.57. The molecule has 0 atom stereocenters. The lowest BCUT2D eigenvalue weighted by Crippen LogP contribution is -2.41. The first-order valence-electron chi connectivity index (χ1n) is 6.05. The molecule has 2 heteroatoms. The van der Waals surface area contributed by atoms with E-state index in [9.17, 15) is 0 Å². The van der Waals surface area contributed by atoms with Gasteiger partial charge in [0, 0.05) is 0 Å². The molecule has 0 bridgehead atoms. The Morgan fingerprint density at radius 1 is 0.857 bits per heavy atom. The highest BCUT2D eigenvalue weighted by Crippen LogP contribution is 2.08. The van der Waals surface area contributed by atoms with Gasteiger partial charge in [-0.15, -0.1) is 0 Å². The summed E-state index contributed by atoms with van der Waals surface area (Å²) in [7, 11) is 4.16. The first-order chi connectivity index (χ1) is 6.62. The Kier molecular flexibility index (Phi) is 8.20. The van der Waals surface area contributed by atoms with E-state index in [1.165, 1.54) is 44.9 Å². The first-order valence-corrected chi connectivity index (χ1v) is 6.05. The molecule has 0 aliphatic heterocycles. The van der Waals surface area contributed by atoms with Crippen molar-refractivity contribution in [3.8, 4) is 0 Å². The molecule has 86 valence electrons. The van der Waals surface area contributed by atoms with Gasteiger partial charge < -0.3 is 9.59 Å². The van der Waals surface area contributed by atoms with Crippen molar-refractivity contribution >= 4 is 0 Å². The Morgan fingerprint density at radius 3 is 1.86 bits per heavy atom. The molecule has 1 N–H and O–H groups in total. The molecule has 14 heavy (non-hydrogen) atoms. The maximum Gasteiger partial charge on any atom is 0.179 e. The molecule has 0 aliphatic rings. The van der Waals surface area contributed by atoms with Gasteiger partial charge in [-0.1, -0.05) is 39.0 Å². The zero-order chi connectivity index (χ0) is 10.9. The number of quaternary nitrogens is 1. The predicted molar refractivity (Wildman–Crippen MR) is 62.1 cm³/mol. The van der Waals surface area contributed by atoms with Crippen LogP contribution in [0, 0.1) is 0 Å². The average Bonchev–Trinajstić information content (AvgIpc) is 2.16. The second-order valence-electron chi connectivity index (χ2n) is 4.92. The molecule has 0 saturated carbocycles. The molecule has 2 nitrogen and oxygen atoms in total. The Morgan fingerprint density at radius 2 is 1.36 bits per heavy atom. The lowest BCUT2D eigenvalue weighted by molar-refractivity contribution is -0.909. The van der Waals surface area contributed by atoms with Gasteiger partial charge in [-0.2, -0.15) is 0 Å². The molecular weight excluding hydrogens is 174 g/mol. The van der Waals surface area contributed by atoms with Crippen molar-refractivity contribution in [2.24, 2.45) is 0 Å². The predicted octanol–water partition coefficient (Wildman–Crippen LogP) is 2.76. The molecule has 0 amide bonds. The van der Waals surface area contributed by atoms with Crippen LogP contribution < -0.4 is 0 Å². The molecule has 0 aliphatic carbocycles. The Hall–Kier alpha value is -0.0800. The Balaban J connectivity index is 3.13. The van der Waals surface area contributed by atoms with Crippen molar-refractivity contribution in [3.63, 3.8) is 0 Å². The van der Waals surface area contributed by atoms with Crippen LogP contribution in [0.5, 0.6) is 0 Å². The third kappa shape index (κ3) is 8.52. The number of nitrogens with zero attached hydrogens (tertiary/aromatic N) is 1. The summed E-state index contributed by atoms with van der Waals surface area (Å²) in [5, 5.41) is 9.04. The van der Waals surface area contributed by atoms with E-state index in [1.54, 1.807) is 0 Å². The summed E-state index contributed by atoms with van der Waals surface area (Å²) in [6.45, 7) is 3.61. The quantitative estimate of drug-likeness (QED) is 0.346. The van der Waals surface area contributed by atoms with E-state index < -0.39 is 0 Å². The first kappa shape index (κ1) is 13.9. The second-order valence-corrected chi connectivity index (χ2v) is 4.92. The molecule has 0 fully saturated rings. The van der Waals surface area contributed by atoms with Gasteiger partial charge in [-0.3, -0.25) is 0 Å². The van der Waals surface area contributed by atoms with Crippen LogP contribution in [0.25, 0.3) is 0 Å². The number of hydrogen-bond acceptors (Lipinski definition) is 1. The summed E-state index contributed by atoms with van der Waals surface area (Å²) >= 11 is 0. The van der Waals surface area contributed by atoms with Gasteiger partial charge in [0.25, 0.3) is 0 Å². The van der Waals surface area contributed by atoms with E-state index >= 15 is 0 Å². The van der Waals surface area contributed by atoms with E-state index in [0.29, 0.717) is 0 Å². The van der Waals surface area contributed by atoms with Gasteiger partial charge in [0.2, 0.25) is 0 Å². The zero-order valence-corrected chi connectivity index (χ0v) is 10.3. The minimum absolute atomic E-state index is 0.260. The Labute approximate surface area is 89.5 Å². The van der Waals surface area contributed by atoms with Crippen molar-refractivity contribution in [3.05, 3.63) is 0 Å². The monoisotopic (exact) mass is 202 g/mol. The van der Waals surface area contributed by atoms with Crippen molar-refractivity contribution in [2.45, 2.75) is 51.9 Å². The molecule has 0 saturated heterocycles. The fraction of sp³-hybridized carbons (Fsp3) is 1.00. The highest BCUT2D eigenvalue weighted by Gasteiger charge is 2.11. The molecule has 0 aromatic heterocycles. The van der Waals surface area contributed by atoms with Crippen LogP contribution in [-0.4, -0.2) is 37.0 Å². The van der Waals surface area contributed by atoms with Gasteiger partial charge in [-0.25, -0.2) is 0 Å². The number of hydrogen-bond donors (Lipinski definition) is 1. The minimum atomic E-state index is 0.260. The van der Waals surface area contributed by atoms with Gasteiger partial charge >= 0.3 is 0 Å². The molecule has 0 rings (SSSR count). The lowest BCUT2D eigenvalue weighted by atomic mass is 10.1. The standard InChI is InChI=1S/C12H28NO/c1-4-5-6-7-8-9-10-11-13(2,3)12-14/h14H,4-12H2,1-3H3/q+1. The molecule has 0 spiro atoms. The fourth-order valence-electron chi connectivity index (χ4n) is 1.57. The molecule has 0 aromatic rings. The highest BCUT2D eigenvalue weighted by atomic mass is 16.3. The van der Waals surface area contributed by atoms with E-state index in [1.807, 2.05) is 0 Å². The van der Waals surface area contributed by atoms with Crippen LogP contribution in [0.2, 0.25) is 0 Å². The third-order valence-electron chi connectivity index (χ3n) is 2.75. The van der Waals surface area contributed by atoms with Crippen LogP contribution in [-0.2, 0) is 0 Å². The number of aliphatic hydroxyl groups excluding tert-OH is 1. The van der Waals surface area contributed by atoms with E-state index in [-0.39, 0.29) is 6.73 Å². The number of aliphatic hydroxyl groups is 1. The van der Waals surface area contributed by atoms with Crippen LogP contribution in [0.3, 0.4) is 0 Å². The van der Waals surface area contributed by atoms with Gasteiger partial charge in [0.15, 0.2) is 6.73 Å². The summed E-state index contributed by atoms with van der Waals surface area (Å²) in [5.74, 6) is 0. The smallest absolute Gasteiger partial charge is 0.179 e. The third-order valence-corrected chi connectivity index (χ3v) is 2.75. The van der Waals surface area contributed by atoms with Gasteiger partial charge in [-0.05, 0) is 12.8 Å². The minimum Gasteiger partial charge on any atom is -0.347 e. The van der Waals surface area contributed by atoms with Crippen LogP contribution >= 0.6 is 0 Å². The molecule has 0 aromatic carbocycles. The van der Waals surface area contributed by atoms with E-state index in [0.717, 1.165) is 11.0 Å². The summed E-state index contributed by atoms with van der Waals surface area (Å²) in [6, 6.07) is 0. The lowest BCUT2D eigenvalue weighted by Gasteiger charge is -2.26. The molecular formula is C12H28NO+. The van der Waals surface area contributed by atoms with Gasteiger partial charge in [0.1, 0.15) is 0 Å². The molecule has 0 heterocycles. The van der Waals surface area contributed by atoms with Crippen molar-refractivity contribution in [1.29, 1.82) is 0 Å². The summed E-state index contributed by atoms with van der Waals surface area (Å²) < 4.78 is 0.745. The van der Waals surface area contributed by atoms with Crippen molar-refractivity contribution in [2.75, 3.05) is 27.4 Å². The molecule has 0 unspecified atom stereocenters. The maximum absolute atomic E-state index is 9.04. The summed E-state index contributed by atoms with van der Waals surface area (Å²) in [5.41, 5.74) is 0. The maximum atomic E-state index is 9.04. The molecule has 0 radical (unpaired) electrons. The van der Waals surface area contributed by atoms with Gasteiger partial charge in [0.05, 0.1) is 20.6 Å². The SMILES string of the molecule is CCCCCCCCC[N+](C)(C)CO. The normalized spacial score (nSPS) is 12.0. The highest BCUT2D eigenvalue weighted by molar-refractivity contribution is 4.44. The van der Waals surface area contributed by atoms with Crippen LogP contribution in [0.1, 0.15) is 51.9 Å². The van der Waals surface area contributed by atoms with Crippen LogP contribution in [0.15, 0.2) is 0 Å². The average molecular weight is 202 g/mol. The largest absolute Gasteiger partial charge is 0.347 e.